The molecule has 0 heteroatoms. The van der Waals surface area contributed by atoms with E-state index in [1.807, 2.05) is 6.08 Å². The lowest BCUT2D eigenvalue weighted by Gasteiger charge is -2.35. The van der Waals surface area contributed by atoms with Crippen molar-refractivity contribution >= 4 is 5.57 Å². The Balaban J connectivity index is 2.22. The largest absolute Gasteiger partial charge is 0.0984 e. The fourth-order valence-corrected chi connectivity index (χ4v) is 4.46. The predicted octanol–water partition coefficient (Wildman–Crippen LogP) is 6.86. The predicted molar refractivity (Wildman–Crippen MR) is 116 cm³/mol. The molecule has 27 heavy (non-hydrogen) atoms. The van der Waals surface area contributed by atoms with Crippen LogP contribution in [0, 0.1) is 6.92 Å². The number of hydrogen-bond acceptors (Lipinski definition) is 0. The summed E-state index contributed by atoms with van der Waals surface area (Å²) in [5, 5.41) is 0. The third-order valence-corrected chi connectivity index (χ3v) is 5.51. The van der Waals surface area contributed by atoms with Crippen LogP contribution in [-0.2, 0) is 5.41 Å². The monoisotopic (exact) mass is 348 g/mol. The van der Waals surface area contributed by atoms with Gasteiger partial charge in [0.2, 0.25) is 0 Å². The second-order valence-electron chi connectivity index (χ2n) is 7.06. The number of allylic oxidation sites excluding steroid dienone is 5. The summed E-state index contributed by atoms with van der Waals surface area (Å²) in [6.07, 6.45) is 6.40. The molecule has 1 aliphatic rings. The Morgan fingerprint density at radius 3 is 1.93 bits per heavy atom. The van der Waals surface area contributed by atoms with E-state index in [9.17, 15) is 0 Å². The Labute approximate surface area is 162 Å². The molecule has 0 fully saturated rings. The van der Waals surface area contributed by atoms with Gasteiger partial charge < -0.3 is 0 Å². The lowest BCUT2D eigenvalue weighted by molar-refractivity contribution is 0.760. The first kappa shape index (κ1) is 17.3. The minimum absolute atomic E-state index is 0.333. The van der Waals surface area contributed by atoms with Gasteiger partial charge >= 0.3 is 0 Å². The average Bonchev–Trinajstić information content (AvgIpc) is 2.99. The Hall–Kier alpha value is -3.12. The first-order valence-corrected chi connectivity index (χ1v) is 9.46. The third-order valence-electron chi connectivity index (χ3n) is 5.51. The van der Waals surface area contributed by atoms with Gasteiger partial charge in [-0.15, -0.1) is 0 Å². The summed E-state index contributed by atoms with van der Waals surface area (Å²) in [6, 6.07) is 28.5. The summed E-state index contributed by atoms with van der Waals surface area (Å²) in [4.78, 5) is 0. The van der Waals surface area contributed by atoms with Crippen LogP contribution in [0.2, 0.25) is 0 Å². The van der Waals surface area contributed by atoms with Crippen molar-refractivity contribution in [1.29, 1.82) is 0 Å². The zero-order valence-electron chi connectivity index (χ0n) is 15.9. The molecule has 0 saturated heterocycles. The molecule has 0 heterocycles. The molecule has 0 amide bonds. The van der Waals surface area contributed by atoms with Crippen LogP contribution in [0.5, 0.6) is 0 Å². The van der Waals surface area contributed by atoms with Crippen LogP contribution < -0.4 is 0 Å². The second-order valence-corrected chi connectivity index (χ2v) is 7.06. The van der Waals surface area contributed by atoms with E-state index < -0.39 is 0 Å². The molecule has 3 aromatic carbocycles. The molecular weight excluding hydrogens is 324 g/mol. The Morgan fingerprint density at radius 2 is 1.41 bits per heavy atom. The normalized spacial score (nSPS) is 15.2. The van der Waals surface area contributed by atoms with Crippen molar-refractivity contribution in [2.75, 3.05) is 0 Å². The standard InChI is InChI=1S/C27H24/c1-4-12-25-23(5-2)24-18-17-20(3)19-26(24)27(25,21-13-8-6-9-14-21)22-15-10-7-11-16-22/h4-19H,2H2,1,3H3/b12-4-. The lowest BCUT2D eigenvalue weighted by Crippen LogP contribution is -2.29. The van der Waals surface area contributed by atoms with Crippen molar-refractivity contribution in [3.05, 3.63) is 137 Å². The van der Waals surface area contributed by atoms with E-state index in [0.717, 1.165) is 0 Å². The van der Waals surface area contributed by atoms with Gasteiger partial charge in [-0.25, -0.2) is 0 Å². The summed E-state index contributed by atoms with van der Waals surface area (Å²) < 4.78 is 0. The summed E-state index contributed by atoms with van der Waals surface area (Å²) in [7, 11) is 0. The van der Waals surface area contributed by atoms with Gasteiger partial charge in [-0.05, 0) is 47.2 Å². The van der Waals surface area contributed by atoms with Crippen LogP contribution in [0.25, 0.3) is 5.57 Å². The molecule has 0 N–H and O–H groups in total. The summed E-state index contributed by atoms with van der Waals surface area (Å²) in [5.74, 6) is 0. The van der Waals surface area contributed by atoms with E-state index in [4.69, 9.17) is 0 Å². The number of fused-ring (bicyclic) bond motifs is 1. The highest BCUT2D eigenvalue weighted by molar-refractivity contribution is 5.91. The Bertz CT molecular complexity index is 994. The molecular formula is C27H24. The zero-order chi connectivity index (χ0) is 18.9. The Kier molecular flexibility index (Phi) is 4.41. The van der Waals surface area contributed by atoms with Crippen molar-refractivity contribution in [3.8, 4) is 0 Å². The fourth-order valence-electron chi connectivity index (χ4n) is 4.46. The highest BCUT2D eigenvalue weighted by atomic mass is 14.5. The summed E-state index contributed by atoms with van der Waals surface area (Å²) in [5.41, 5.74) is 8.63. The quantitative estimate of drug-likeness (QED) is 0.483. The molecule has 0 unspecified atom stereocenters. The van der Waals surface area contributed by atoms with E-state index in [1.54, 1.807) is 0 Å². The third kappa shape index (κ3) is 2.52. The number of benzene rings is 3. The maximum Gasteiger partial charge on any atom is 0.0713 e. The van der Waals surface area contributed by atoms with Gasteiger partial charge in [-0.2, -0.15) is 0 Å². The average molecular weight is 348 g/mol. The van der Waals surface area contributed by atoms with Crippen molar-refractivity contribution in [3.63, 3.8) is 0 Å². The fraction of sp³-hybridized carbons (Fsp3) is 0.111. The molecule has 0 bridgehead atoms. The van der Waals surface area contributed by atoms with Gasteiger partial charge in [0.05, 0.1) is 5.41 Å². The van der Waals surface area contributed by atoms with E-state index in [0.29, 0.717) is 0 Å². The Morgan fingerprint density at radius 1 is 0.815 bits per heavy atom. The van der Waals surface area contributed by atoms with E-state index in [2.05, 4.69) is 111 Å². The first-order chi connectivity index (χ1) is 13.2. The van der Waals surface area contributed by atoms with Crippen molar-refractivity contribution in [1.82, 2.24) is 0 Å². The van der Waals surface area contributed by atoms with Gasteiger partial charge in [0.1, 0.15) is 0 Å². The smallest absolute Gasteiger partial charge is 0.0713 e. The van der Waals surface area contributed by atoms with Crippen LogP contribution in [0.15, 0.2) is 109 Å². The molecule has 0 aliphatic heterocycles. The molecule has 4 rings (SSSR count). The van der Waals surface area contributed by atoms with E-state index >= 15 is 0 Å². The maximum atomic E-state index is 4.16. The molecule has 132 valence electrons. The molecule has 0 saturated carbocycles. The van der Waals surface area contributed by atoms with Gasteiger partial charge in [0, 0.05) is 0 Å². The zero-order valence-corrected chi connectivity index (χ0v) is 15.9. The van der Waals surface area contributed by atoms with E-state index in [1.165, 1.54) is 39.0 Å². The van der Waals surface area contributed by atoms with Crippen molar-refractivity contribution in [2.45, 2.75) is 19.3 Å². The van der Waals surface area contributed by atoms with Crippen molar-refractivity contribution < 1.29 is 0 Å². The van der Waals surface area contributed by atoms with Gasteiger partial charge in [-0.3, -0.25) is 0 Å². The van der Waals surface area contributed by atoms with Crippen LogP contribution >= 0.6 is 0 Å². The lowest BCUT2D eigenvalue weighted by atomic mass is 9.66. The van der Waals surface area contributed by atoms with Crippen LogP contribution in [-0.4, -0.2) is 0 Å². The van der Waals surface area contributed by atoms with Crippen LogP contribution in [0.3, 0.4) is 0 Å². The maximum absolute atomic E-state index is 4.16. The van der Waals surface area contributed by atoms with Gasteiger partial charge in [0.25, 0.3) is 0 Å². The van der Waals surface area contributed by atoms with Crippen molar-refractivity contribution in [2.24, 2.45) is 0 Å². The number of rotatable bonds is 4. The topological polar surface area (TPSA) is 0 Å². The molecule has 3 aromatic rings. The SMILES string of the molecule is C=CC1=C(/C=C\C)C(c2ccccc2)(c2ccccc2)c2cc(C)ccc21. The second kappa shape index (κ2) is 6.89. The molecule has 1 aliphatic carbocycles. The van der Waals surface area contributed by atoms with Crippen LogP contribution in [0.4, 0.5) is 0 Å². The minimum atomic E-state index is -0.333. The minimum Gasteiger partial charge on any atom is -0.0984 e. The molecule has 0 atom stereocenters. The molecule has 0 radical (unpaired) electrons. The molecule has 0 spiro atoms. The molecule has 0 aromatic heterocycles. The number of hydrogen-bond donors (Lipinski definition) is 0. The first-order valence-electron chi connectivity index (χ1n) is 9.46. The summed E-state index contributed by atoms with van der Waals surface area (Å²) in [6.45, 7) is 8.41. The highest BCUT2D eigenvalue weighted by Gasteiger charge is 2.46. The molecule has 0 nitrogen and oxygen atoms in total. The number of aryl methyl sites for hydroxylation is 1. The van der Waals surface area contributed by atoms with Gasteiger partial charge in [-0.1, -0.05) is 109 Å². The van der Waals surface area contributed by atoms with Crippen LogP contribution in [0.1, 0.15) is 34.7 Å². The highest BCUT2D eigenvalue weighted by Crippen LogP contribution is 2.55. The van der Waals surface area contributed by atoms with Gasteiger partial charge in [0.15, 0.2) is 0 Å². The summed E-state index contributed by atoms with van der Waals surface area (Å²) >= 11 is 0. The van der Waals surface area contributed by atoms with E-state index in [-0.39, 0.29) is 5.41 Å².